The topological polar surface area (TPSA) is 76.2 Å². The van der Waals surface area contributed by atoms with E-state index in [4.69, 9.17) is 5.26 Å². The van der Waals surface area contributed by atoms with Crippen LogP contribution < -0.4 is 5.32 Å². The van der Waals surface area contributed by atoms with Gasteiger partial charge in [0.15, 0.2) is 0 Å². The van der Waals surface area contributed by atoms with Crippen molar-refractivity contribution in [3.05, 3.63) is 0 Å². The van der Waals surface area contributed by atoms with Gasteiger partial charge >= 0.3 is 0 Å². The van der Waals surface area contributed by atoms with Crippen LogP contribution in [0.1, 0.15) is 6.42 Å². The van der Waals surface area contributed by atoms with Gasteiger partial charge in [-0.25, -0.2) is 8.42 Å². The number of nitriles is 1. The minimum Gasteiger partial charge on any atom is -0.314 e. The van der Waals surface area contributed by atoms with Gasteiger partial charge in [0.25, 0.3) is 0 Å². The van der Waals surface area contributed by atoms with Gasteiger partial charge in [-0.1, -0.05) is 0 Å². The first kappa shape index (κ1) is 11.8. The number of sulfonamides is 1. The molecular formula is C9H16N4O2S. The molecule has 1 N–H and O–H groups in total. The fraction of sp³-hybridized carbons (Fsp3) is 0.889. The van der Waals surface area contributed by atoms with Crippen LogP contribution in [-0.4, -0.2) is 62.3 Å². The average molecular weight is 244 g/mol. The lowest BCUT2D eigenvalue weighted by Crippen LogP contribution is -2.54. The van der Waals surface area contributed by atoms with Crippen molar-refractivity contribution in [2.24, 2.45) is 0 Å². The molecule has 2 aliphatic heterocycles. The molecule has 2 rings (SSSR count). The minimum atomic E-state index is -3.24. The SMILES string of the molecule is CN1CC1S(=O)(=O)N1CCNC[C@@H]1CC#N. The lowest BCUT2D eigenvalue weighted by atomic mass is 10.2. The van der Waals surface area contributed by atoms with Gasteiger partial charge in [0.05, 0.1) is 18.5 Å². The Bertz CT molecular complexity index is 402. The van der Waals surface area contributed by atoms with Crippen molar-refractivity contribution in [2.75, 3.05) is 33.2 Å². The second kappa shape index (κ2) is 4.30. The van der Waals surface area contributed by atoms with Crippen LogP contribution in [0, 0.1) is 11.3 Å². The van der Waals surface area contributed by atoms with Crippen molar-refractivity contribution in [1.29, 1.82) is 5.26 Å². The Morgan fingerprint density at radius 3 is 2.81 bits per heavy atom. The van der Waals surface area contributed by atoms with Gasteiger partial charge in [-0.05, 0) is 7.05 Å². The van der Waals surface area contributed by atoms with E-state index in [9.17, 15) is 8.42 Å². The molecule has 0 amide bonds. The second-order valence-electron chi connectivity index (χ2n) is 4.27. The highest BCUT2D eigenvalue weighted by molar-refractivity contribution is 7.90. The van der Waals surface area contributed by atoms with E-state index in [1.165, 1.54) is 4.31 Å². The van der Waals surface area contributed by atoms with Gasteiger partial charge in [-0.2, -0.15) is 9.57 Å². The van der Waals surface area contributed by atoms with Crippen molar-refractivity contribution in [2.45, 2.75) is 17.8 Å². The Morgan fingerprint density at radius 2 is 2.25 bits per heavy atom. The molecule has 7 heteroatoms. The summed E-state index contributed by atoms with van der Waals surface area (Å²) in [6.07, 6.45) is 0.253. The van der Waals surface area contributed by atoms with E-state index in [1.54, 1.807) is 11.9 Å². The van der Waals surface area contributed by atoms with Crippen LogP contribution >= 0.6 is 0 Å². The van der Waals surface area contributed by atoms with E-state index in [0.717, 1.165) is 0 Å². The Kier molecular flexibility index (Phi) is 3.17. The van der Waals surface area contributed by atoms with Crippen LogP contribution in [0.2, 0.25) is 0 Å². The summed E-state index contributed by atoms with van der Waals surface area (Å²) in [4.78, 5) is 1.79. The first-order valence-corrected chi connectivity index (χ1v) is 6.86. The van der Waals surface area contributed by atoms with Gasteiger partial charge in [-0.15, -0.1) is 0 Å². The second-order valence-corrected chi connectivity index (χ2v) is 6.31. The van der Waals surface area contributed by atoms with E-state index in [-0.39, 0.29) is 17.8 Å². The molecule has 2 aliphatic rings. The maximum Gasteiger partial charge on any atom is 0.232 e. The smallest absolute Gasteiger partial charge is 0.232 e. The molecule has 0 bridgehead atoms. The van der Waals surface area contributed by atoms with E-state index >= 15 is 0 Å². The zero-order valence-electron chi connectivity index (χ0n) is 9.26. The van der Waals surface area contributed by atoms with Crippen molar-refractivity contribution in [1.82, 2.24) is 14.5 Å². The molecule has 3 atom stereocenters. The molecule has 0 spiro atoms. The van der Waals surface area contributed by atoms with Gasteiger partial charge in [-0.3, -0.25) is 4.90 Å². The molecule has 2 fully saturated rings. The number of likely N-dealkylation sites (N-methyl/N-ethyl adjacent to an activating group) is 1. The van der Waals surface area contributed by atoms with E-state index in [2.05, 4.69) is 11.4 Å². The molecule has 6 nitrogen and oxygen atoms in total. The van der Waals surface area contributed by atoms with Crippen molar-refractivity contribution < 1.29 is 8.42 Å². The Labute approximate surface area is 95.9 Å². The highest BCUT2D eigenvalue weighted by Gasteiger charge is 2.47. The Hall–Kier alpha value is -0.680. The van der Waals surface area contributed by atoms with Crippen molar-refractivity contribution in [3.63, 3.8) is 0 Å². The average Bonchev–Trinajstić information content (AvgIpc) is 2.97. The molecular weight excluding hydrogens is 228 g/mol. The lowest BCUT2D eigenvalue weighted by molar-refractivity contribution is 0.269. The van der Waals surface area contributed by atoms with E-state index in [0.29, 0.717) is 26.2 Å². The minimum absolute atomic E-state index is 0.210. The molecule has 16 heavy (non-hydrogen) atoms. The Balaban J connectivity index is 2.14. The predicted octanol–water partition coefficient (Wildman–Crippen LogP) is -1.22. The number of piperazine rings is 1. The summed E-state index contributed by atoms with van der Waals surface area (Å²) < 4.78 is 25.9. The lowest BCUT2D eigenvalue weighted by Gasteiger charge is -2.33. The number of nitrogens with one attached hydrogen (secondary N) is 1. The molecule has 0 aromatic carbocycles. The first-order valence-electron chi connectivity index (χ1n) is 5.36. The van der Waals surface area contributed by atoms with Gasteiger partial charge in [0, 0.05) is 26.2 Å². The number of hydrogen-bond donors (Lipinski definition) is 1. The summed E-state index contributed by atoms with van der Waals surface area (Å²) in [6.45, 7) is 2.31. The zero-order valence-corrected chi connectivity index (χ0v) is 10.1. The molecule has 0 aromatic rings. The highest BCUT2D eigenvalue weighted by atomic mass is 32.2. The summed E-state index contributed by atoms with van der Waals surface area (Å²) in [5.74, 6) is 0. The maximum absolute atomic E-state index is 12.2. The van der Waals surface area contributed by atoms with Crippen LogP contribution in [-0.2, 0) is 10.0 Å². The predicted molar refractivity (Wildman–Crippen MR) is 58.9 cm³/mol. The van der Waals surface area contributed by atoms with Crippen LogP contribution in [0.15, 0.2) is 0 Å². The molecule has 90 valence electrons. The summed E-state index contributed by atoms with van der Waals surface area (Å²) in [5, 5.41) is 11.5. The van der Waals surface area contributed by atoms with Gasteiger partial charge < -0.3 is 5.32 Å². The Morgan fingerprint density at radius 1 is 1.56 bits per heavy atom. The quantitative estimate of drug-likeness (QED) is 0.629. The monoisotopic (exact) mass is 244 g/mol. The number of hydrogen-bond acceptors (Lipinski definition) is 5. The van der Waals surface area contributed by atoms with E-state index < -0.39 is 10.0 Å². The van der Waals surface area contributed by atoms with Gasteiger partial charge in [0.2, 0.25) is 10.0 Å². The molecule has 2 saturated heterocycles. The molecule has 0 aliphatic carbocycles. The van der Waals surface area contributed by atoms with Crippen LogP contribution in [0.4, 0.5) is 0 Å². The summed E-state index contributed by atoms with van der Waals surface area (Å²) in [6, 6.07) is 1.84. The summed E-state index contributed by atoms with van der Waals surface area (Å²) >= 11 is 0. The molecule has 2 unspecified atom stereocenters. The standard InChI is InChI=1S/C9H16N4O2S/c1-12-7-9(12)16(14,15)13-5-4-11-6-8(13)2-3-10/h8-9,11H,2,4-7H2,1H3/t8-,9?,12?/m0/s1. The normalized spacial score (nSPS) is 35.6. The van der Waals surface area contributed by atoms with Crippen LogP contribution in [0.3, 0.4) is 0 Å². The third-order valence-corrected chi connectivity index (χ3v) is 5.43. The van der Waals surface area contributed by atoms with Gasteiger partial charge in [0.1, 0.15) is 5.37 Å². The summed E-state index contributed by atoms with van der Waals surface area (Å²) in [5.41, 5.74) is 0. The molecule has 0 radical (unpaired) electrons. The largest absolute Gasteiger partial charge is 0.314 e. The zero-order chi connectivity index (χ0) is 11.8. The fourth-order valence-corrected chi connectivity index (χ4v) is 4.14. The fourth-order valence-electron chi connectivity index (χ4n) is 2.03. The molecule has 2 heterocycles. The number of rotatable bonds is 3. The van der Waals surface area contributed by atoms with Crippen LogP contribution in [0.5, 0.6) is 0 Å². The van der Waals surface area contributed by atoms with Crippen LogP contribution in [0.25, 0.3) is 0 Å². The summed E-state index contributed by atoms with van der Waals surface area (Å²) in [7, 11) is -1.45. The molecule has 0 saturated carbocycles. The third-order valence-electron chi connectivity index (χ3n) is 3.10. The molecule has 0 aromatic heterocycles. The number of nitrogens with zero attached hydrogens (tertiary/aromatic N) is 3. The highest BCUT2D eigenvalue weighted by Crippen LogP contribution is 2.26. The van der Waals surface area contributed by atoms with Crippen molar-refractivity contribution >= 4 is 10.0 Å². The van der Waals surface area contributed by atoms with E-state index in [1.807, 2.05) is 0 Å². The first-order chi connectivity index (χ1) is 7.57. The third kappa shape index (κ3) is 2.06. The van der Waals surface area contributed by atoms with Crippen molar-refractivity contribution in [3.8, 4) is 6.07 Å². The maximum atomic E-state index is 12.2.